The molecule has 3 heteroatoms. The quantitative estimate of drug-likeness (QED) is 0.835. The van der Waals surface area contributed by atoms with Gasteiger partial charge in [-0.25, -0.2) is 0 Å². The maximum Gasteiger partial charge on any atom is 0.253 e. The molecule has 1 aromatic carbocycles. The second kappa shape index (κ2) is 6.94. The van der Waals surface area contributed by atoms with Crippen molar-refractivity contribution in [3.8, 4) is 16.9 Å². The molecule has 3 nitrogen and oxygen atoms in total. The largest absolute Gasteiger partial charge is 0.497 e. The van der Waals surface area contributed by atoms with Gasteiger partial charge in [0.15, 0.2) is 0 Å². The summed E-state index contributed by atoms with van der Waals surface area (Å²) in [5.41, 5.74) is 3.99. The summed E-state index contributed by atoms with van der Waals surface area (Å²) in [5.74, 6) is 0.818. The lowest BCUT2D eigenvalue weighted by Crippen LogP contribution is -2.20. The van der Waals surface area contributed by atoms with Crippen LogP contribution in [-0.4, -0.2) is 11.7 Å². The number of benzene rings is 1. The third kappa shape index (κ3) is 3.10. The van der Waals surface area contributed by atoms with Gasteiger partial charge in [-0.15, -0.1) is 0 Å². The van der Waals surface area contributed by atoms with E-state index in [1.165, 1.54) is 0 Å². The van der Waals surface area contributed by atoms with E-state index in [0.717, 1.165) is 28.0 Å². The van der Waals surface area contributed by atoms with Gasteiger partial charge in [-0.2, -0.15) is 0 Å². The number of methoxy groups -OCH3 is 1. The smallest absolute Gasteiger partial charge is 0.253 e. The van der Waals surface area contributed by atoms with Crippen molar-refractivity contribution >= 4 is 0 Å². The highest BCUT2D eigenvalue weighted by atomic mass is 16.5. The third-order valence-corrected chi connectivity index (χ3v) is 3.31. The molecular weight excluding hydrogens is 250 g/mol. The number of rotatable bonds is 2. The molecule has 2 rings (SSSR count). The van der Waals surface area contributed by atoms with Crippen LogP contribution in [0.4, 0.5) is 0 Å². The van der Waals surface area contributed by atoms with Gasteiger partial charge in [-0.05, 0) is 37.1 Å². The molecule has 0 saturated heterocycles. The van der Waals surface area contributed by atoms with E-state index in [0.29, 0.717) is 0 Å². The minimum absolute atomic E-state index is 0.0548. The zero-order valence-electron chi connectivity index (χ0n) is 13.2. The van der Waals surface area contributed by atoms with E-state index in [-0.39, 0.29) is 5.56 Å². The van der Waals surface area contributed by atoms with Crippen molar-refractivity contribution in [2.75, 3.05) is 7.11 Å². The Morgan fingerprint density at radius 3 is 2.35 bits per heavy atom. The highest BCUT2D eigenvalue weighted by molar-refractivity contribution is 5.68. The summed E-state index contributed by atoms with van der Waals surface area (Å²) in [6.07, 6.45) is 1.87. The second-order valence-corrected chi connectivity index (χ2v) is 4.44. The molecule has 0 spiro atoms. The average molecular weight is 273 g/mol. The van der Waals surface area contributed by atoms with Crippen molar-refractivity contribution in [2.24, 2.45) is 7.05 Å². The maximum absolute atomic E-state index is 11.8. The monoisotopic (exact) mass is 273 g/mol. The minimum atomic E-state index is 0.0548. The van der Waals surface area contributed by atoms with Crippen molar-refractivity contribution in [1.29, 1.82) is 0 Å². The highest BCUT2D eigenvalue weighted by Crippen LogP contribution is 2.26. The molecule has 20 heavy (non-hydrogen) atoms. The van der Waals surface area contributed by atoms with Crippen LogP contribution in [0, 0.1) is 13.8 Å². The Morgan fingerprint density at radius 1 is 1.10 bits per heavy atom. The van der Waals surface area contributed by atoms with Gasteiger partial charge < -0.3 is 9.30 Å². The molecule has 0 bridgehead atoms. The summed E-state index contributed by atoms with van der Waals surface area (Å²) in [6.45, 7) is 7.84. The molecule has 0 N–H and O–H groups in total. The van der Waals surface area contributed by atoms with Gasteiger partial charge in [-0.3, -0.25) is 4.79 Å². The summed E-state index contributed by atoms with van der Waals surface area (Å²) >= 11 is 0. The molecule has 0 radical (unpaired) electrons. The molecule has 0 aliphatic rings. The van der Waals surface area contributed by atoms with E-state index in [2.05, 4.69) is 0 Å². The Kier molecular flexibility index (Phi) is 5.56. The lowest BCUT2D eigenvalue weighted by Gasteiger charge is -2.12. The Balaban J connectivity index is 0.000000956. The number of pyridine rings is 1. The van der Waals surface area contributed by atoms with Crippen molar-refractivity contribution in [1.82, 2.24) is 4.57 Å². The molecule has 0 fully saturated rings. The fraction of sp³-hybridized carbons (Fsp3) is 0.353. The van der Waals surface area contributed by atoms with Crippen LogP contribution in [0.5, 0.6) is 5.75 Å². The lowest BCUT2D eigenvalue weighted by atomic mass is 9.99. The average Bonchev–Trinajstić information content (AvgIpc) is 2.50. The summed E-state index contributed by atoms with van der Waals surface area (Å²) in [5, 5.41) is 0. The Hall–Kier alpha value is -2.03. The van der Waals surface area contributed by atoms with Crippen LogP contribution < -0.4 is 10.3 Å². The fourth-order valence-corrected chi connectivity index (χ4v) is 2.06. The number of hydrogen-bond donors (Lipinski definition) is 0. The van der Waals surface area contributed by atoms with E-state index < -0.39 is 0 Å². The zero-order chi connectivity index (χ0) is 15.3. The number of nitrogens with zero attached hydrogens (tertiary/aromatic N) is 1. The van der Waals surface area contributed by atoms with E-state index in [1.807, 2.05) is 58.2 Å². The molecule has 0 saturated carbocycles. The Labute approximate surface area is 120 Å². The van der Waals surface area contributed by atoms with Gasteiger partial charge in [0.05, 0.1) is 7.11 Å². The summed E-state index contributed by atoms with van der Waals surface area (Å²) < 4.78 is 6.85. The van der Waals surface area contributed by atoms with Crippen LogP contribution in [-0.2, 0) is 7.05 Å². The van der Waals surface area contributed by atoms with Crippen LogP contribution >= 0.6 is 0 Å². The van der Waals surface area contributed by atoms with Gasteiger partial charge in [-0.1, -0.05) is 26.0 Å². The fourth-order valence-electron chi connectivity index (χ4n) is 2.06. The number of hydrogen-bond acceptors (Lipinski definition) is 2. The van der Waals surface area contributed by atoms with Crippen LogP contribution in [0.1, 0.15) is 25.0 Å². The maximum atomic E-state index is 11.8. The van der Waals surface area contributed by atoms with Crippen molar-refractivity contribution in [2.45, 2.75) is 27.7 Å². The summed E-state index contributed by atoms with van der Waals surface area (Å²) in [4.78, 5) is 11.8. The first kappa shape index (κ1) is 16.0. The lowest BCUT2D eigenvalue weighted by molar-refractivity contribution is 0.415. The van der Waals surface area contributed by atoms with Gasteiger partial charge in [0.25, 0.3) is 5.56 Å². The van der Waals surface area contributed by atoms with Crippen LogP contribution in [0.25, 0.3) is 11.1 Å². The van der Waals surface area contributed by atoms with Crippen molar-refractivity contribution in [3.05, 3.63) is 51.9 Å². The molecule has 0 unspecified atom stereocenters. The third-order valence-electron chi connectivity index (χ3n) is 3.31. The SMILES string of the molecule is CC.COc1cccc(-c2cn(C)c(=O)c(C)c2C)c1. The van der Waals surface area contributed by atoms with E-state index in [4.69, 9.17) is 4.74 Å². The van der Waals surface area contributed by atoms with E-state index >= 15 is 0 Å². The number of ether oxygens (including phenoxy) is 1. The topological polar surface area (TPSA) is 31.2 Å². The first-order valence-electron chi connectivity index (χ1n) is 6.86. The molecular formula is C17H23NO2. The number of aryl methyl sites for hydroxylation is 1. The predicted octanol–water partition coefficient (Wildman–Crippen LogP) is 3.70. The molecule has 1 heterocycles. The van der Waals surface area contributed by atoms with E-state index in [9.17, 15) is 4.79 Å². The van der Waals surface area contributed by atoms with Crippen molar-refractivity contribution < 1.29 is 4.74 Å². The zero-order valence-corrected chi connectivity index (χ0v) is 13.2. The van der Waals surface area contributed by atoms with Crippen LogP contribution in [0.3, 0.4) is 0 Å². The van der Waals surface area contributed by atoms with E-state index in [1.54, 1.807) is 18.7 Å². The highest BCUT2D eigenvalue weighted by Gasteiger charge is 2.09. The minimum Gasteiger partial charge on any atom is -0.497 e. The molecule has 2 aromatic rings. The molecule has 0 aliphatic heterocycles. The van der Waals surface area contributed by atoms with Crippen LogP contribution in [0.2, 0.25) is 0 Å². The summed E-state index contributed by atoms with van der Waals surface area (Å²) in [6, 6.07) is 7.86. The van der Waals surface area contributed by atoms with Crippen molar-refractivity contribution in [3.63, 3.8) is 0 Å². The van der Waals surface area contributed by atoms with Crippen LogP contribution in [0.15, 0.2) is 35.3 Å². The first-order chi connectivity index (χ1) is 9.54. The standard InChI is InChI=1S/C15H17NO2.C2H6/c1-10-11(2)15(17)16(3)9-14(10)12-6-5-7-13(8-12)18-4;1-2/h5-9H,1-4H3;1-2H3. The van der Waals surface area contributed by atoms with Gasteiger partial charge in [0.1, 0.15) is 5.75 Å². The molecule has 0 amide bonds. The predicted molar refractivity (Wildman–Crippen MR) is 84.5 cm³/mol. The summed E-state index contributed by atoms with van der Waals surface area (Å²) in [7, 11) is 3.43. The first-order valence-corrected chi connectivity index (χ1v) is 6.86. The Bertz CT molecular complexity index is 642. The van der Waals surface area contributed by atoms with Gasteiger partial charge >= 0.3 is 0 Å². The van der Waals surface area contributed by atoms with Gasteiger partial charge in [0.2, 0.25) is 0 Å². The number of aromatic nitrogens is 1. The molecule has 1 aromatic heterocycles. The second-order valence-electron chi connectivity index (χ2n) is 4.44. The molecule has 108 valence electrons. The van der Waals surface area contributed by atoms with Gasteiger partial charge in [0, 0.05) is 24.4 Å². The Morgan fingerprint density at radius 2 is 1.75 bits per heavy atom. The normalized spacial score (nSPS) is 9.70. The molecule has 0 atom stereocenters. The molecule has 0 aliphatic carbocycles.